The number of rotatable bonds is 4. The van der Waals surface area contributed by atoms with Crippen molar-refractivity contribution in [2.45, 2.75) is 6.42 Å². The summed E-state index contributed by atoms with van der Waals surface area (Å²) in [7, 11) is 0. The lowest BCUT2D eigenvalue weighted by atomic mass is 10.1. The highest BCUT2D eigenvalue weighted by Gasteiger charge is 2.18. The van der Waals surface area contributed by atoms with Crippen LogP contribution in [0.2, 0.25) is 0 Å². The van der Waals surface area contributed by atoms with E-state index in [2.05, 4.69) is 25.9 Å². The van der Waals surface area contributed by atoms with Crippen LogP contribution in [0.4, 0.5) is 0 Å². The van der Waals surface area contributed by atoms with Crippen molar-refractivity contribution in [3.05, 3.63) is 46.8 Å². The topological polar surface area (TPSA) is 73.1 Å². The molecule has 2 rings (SSSR count). The van der Waals surface area contributed by atoms with E-state index >= 15 is 0 Å². The van der Waals surface area contributed by atoms with Crippen molar-refractivity contribution >= 4 is 27.5 Å². The summed E-state index contributed by atoms with van der Waals surface area (Å²) in [6.07, 6.45) is 2.60. The van der Waals surface area contributed by atoms with E-state index in [1.54, 1.807) is 12.1 Å². The monoisotopic (exact) mass is 294 g/mol. The number of ketones is 2. The number of carbonyl (C=O) groups is 2. The Morgan fingerprint density at radius 1 is 1.18 bits per heavy atom. The van der Waals surface area contributed by atoms with E-state index in [1.165, 1.54) is 18.5 Å². The molecular weight excluding hydrogens is 288 g/mol. The van der Waals surface area contributed by atoms with E-state index in [9.17, 15) is 9.59 Å². The minimum atomic E-state index is -0.428. The Kier molecular flexibility index (Phi) is 3.43. The van der Waals surface area contributed by atoms with Gasteiger partial charge in [-0.2, -0.15) is 0 Å². The minimum absolute atomic E-state index is 0.0338. The maximum Gasteiger partial charge on any atom is 0.207 e. The molecule has 0 aliphatic carbocycles. The van der Waals surface area contributed by atoms with Gasteiger partial charge in [0.1, 0.15) is 0 Å². The fourth-order valence-electron chi connectivity index (χ4n) is 1.22. The van der Waals surface area contributed by atoms with Gasteiger partial charge in [0.05, 0.1) is 6.42 Å². The molecule has 6 heteroatoms. The molecular formula is C11H7BrN2O3. The first-order valence-electron chi connectivity index (χ1n) is 4.75. The number of Topliss-reactive ketones (excluding diaryl/α,β-unsaturated/α-hetero) is 2. The highest BCUT2D eigenvalue weighted by molar-refractivity contribution is 9.10. The molecule has 2 heterocycles. The van der Waals surface area contributed by atoms with Crippen LogP contribution in [0.5, 0.6) is 0 Å². The summed E-state index contributed by atoms with van der Waals surface area (Å²) >= 11 is 3.08. The Morgan fingerprint density at radius 2 is 1.88 bits per heavy atom. The molecule has 0 fully saturated rings. The molecule has 0 N–H and O–H groups in total. The molecule has 0 aromatic carbocycles. The molecule has 86 valence electrons. The van der Waals surface area contributed by atoms with Crippen molar-refractivity contribution in [2.24, 2.45) is 0 Å². The fourth-order valence-corrected chi connectivity index (χ4v) is 1.53. The lowest BCUT2D eigenvalue weighted by molar-refractivity contribution is 0.0872. The normalized spacial score (nSPS) is 10.2. The lowest BCUT2D eigenvalue weighted by Gasteiger charge is -1.96. The van der Waals surface area contributed by atoms with Crippen LogP contribution in [0.1, 0.15) is 27.6 Å². The molecule has 2 aromatic rings. The third-order valence-electron chi connectivity index (χ3n) is 1.98. The molecule has 0 saturated carbocycles. The Bertz CT molecular complexity index is 551. The van der Waals surface area contributed by atoms with Crippen LogP contribution in [0.15, 0.2) is 39.7 Å². The van der Waals surface area contributed by atoms with Gasteiger partial charge in [-0.25, -0.2) is 9.97 Å². The first-order chi connectivity index (χ1) is 8.16. The third kappa shape index (κ3) is 2.85. The number of halogens is 1. The van der Waals surface area contributed by atoms with Gasteiger partial charge in [-0.1, -0.05) is 0 Å². The van der Waals surface area contributed by atoms with Gasteiger partial charge in [-0.3, -0.25) is 9.59 Å². The van der Waals surface area contributed by atoms with Gasteiger partial charge in [0.2, 0.25) is 11.6 Å². The van der Waals surface area contributed by atoms with Crippen LogP contribution in [-0.2, 0) is 0 Å². The predicted molar refractivity (Wildman–Crippen MR) is 61.7 cm³/mol. The Labute approximate surface area is 105 Å². The molecule has 2 aromatic heterocycles. The summed E-state index contributed by atoms with van der Waals surface area (Å²) in [5, 5.41) is 0. The molecule has 0 unspecified atom stereocenters. The van der Waals surface area contributed by atoms with Crippen LogP contribution >= 0.6 is 15.9 Å². The van der Waals surface area contributed by atoms with Gasteiger partial charge in [0, 0.05) is 12.4 Å². The summed E-state index contributed by atoms with van der Waals surface area (Å²) in [5.41, 5.74) is 0. The SMILES string of the molecule is O=C(CC(=O)c1ccc(Br)o1)c1ncccn1. The maximum atomic E-state index is 11.7. The van der Waals surface area contributed by atoms with Crippen molar-refractivity contribution in [3.8, 4) is 0 Å². The third-order valence-corrected chi connectivity index (χ3v) is 2.41. The minimum Gasteiger partial charge on any atom is -0.446 e. The van der Waals surface area contributed by atoms with Gasteiger partial charge in [-0.05, 0) is 34.1 Å². The average Bonchev–Trinajstić information content (AvgIpc) is 2.77. The second-order valence-electron chi connectivity index (χ2n) is 3.20. The molecule has 0 aliphatic rings. The van der Waals surface area contributed by atoms with E-state index in [1.807, 2.05) is 0 Å². The summed E-state index contributed by atoms with van der Waals surface area (Å²) < 4.78 is 5.50. The van der Waals surface area contributed by atoms with Crippen molar-refractivity contribution in [3.63, 3.8) is 0 Å². The summed E-state index contributed by atoms with van der Waals surface area (Å²) in [4.78, 5) is 30.8. The fraction of sp³-hybridized carbons (Fsp3) is 0.0909. The van der Waals surface area contributed by atoms with Crippen LogP contribution in [0, 0.1) is 0 Å². The number of hydrogen-bond donors (Lipinski definition) is 0. The molecule has 0 aliphatic heterocycles. The van der Waals surface area contributed by atoms with Gasteiger partial charge < -0.3 is 4.42 Å². The molecule has 0 amide bonds. The van der Waals surface area contributed by atoms with Crippen LogP contribution in [-0.4, -0.2) is 21.5 Å². The van der Waals surface area contributed by atoms with E-state index in [0.29, 0.717) is 4.67 Å². The van der Waals surface area contributed by atoms with Gasteiger partial charge in [0.15, 0.2) is 16.3 Å². The zero-order valence-electron chi connectivity index (χ0n) is 8.59. The maximum absolute atomic E-state index is 11.7. The number of carbonyl (C=O) groups excluding carboxylic acids is 2. The van der Waals surface area contributed by atoms with E-state index in [4.69, 9.17) is 4.42 Å². The van der Waals surface area contributed by atoms with Gasteiger partial charge >= 0.3 is 0 Å². The summed E-state index contributed by atoms with van der Waals surface area (Å²) in [5.74, 6) is -0.649. The van der Waals surface area contributed by atoms with Crippen molar-refractivity contribution in [1.29, 1.82) is 0 Å². The summed E-state index contributed by atoms with van der Waals surface area (Å²) in [6.45, 7) is 0. The van der Waals surface area contributed by atoms with E-state index < -0.39 is 11.6 Å². The molecule has 5 nitrogen and oxygen atoms in total. The Hall–Kier alpha value is -1.82. The van der Waals surface area contributed by atoms with Gasteiger partial charge in [-0.15, -0.1) is 0 Å². The highest BCUT2D eigenvalue weighted by atomic mass is 79.9. The lowest BCUT2D eigenvalue weighted by Crippen LogP contribution is -2.10. The quantitative estimate of drug-likeness (QED) is 0.639. The van der Waals surface area contributed by atoms with Crippen molar-refractivity contribution in [2.75, 3.05) is 0 Å². The predicted octanol–water partition coefficient (Wildman–Crippen LogP) is 2.29. The smallest absolute Gasteiger partial charge is 0.207 e. The highest BCUT2D eigenvalue weighted by Crippen LogP contribution is 2.15. The Balaban J connectivity index is 2.07. The molecule has 0 saturated heterocycles. The van der Waals surface area contributed by atoms with Crippen LogP contribution in [0.25, 0.3) is 0 Å². The molecule has 0 atom stereocenters. The van der Waals surface area contributed by atoms with E-state index in [0.717, 1.165) is 0 Å². The molecule has 17 heavy (non-hydrogen) atoms. The first-order valence-corrected chi connectivity index (χ1v) is 5.55. The molecule has 0 bridgehead atoms. The second-order valence-corrected chi connectivity index (χ2v) is 3.98. The first kappa shape index (κ1) is 11.7. The number of furan rings is 1. The number of nitrogens with zero attached hydrogens (tertiary/aromatic N) is 2. The largest absolute Gasteiger partial charge is 0.446 e. The number of hydrogen-bond acceptors (Lipinski definition) is 5. The molecule has 0 radical (unpaired) electrons. The standard InChI is InChI=1S/C11H7BrN2O3/c12-10-3-2-9(17-10)7(15)6-8(16)11-13-4-1-5-14-11/h1-5H,6H2. The number of aromatic nitrogens is 2. The van der Waals surface area contributed by atoms with E-state index in [-0.39, 0.29) is 18.0 Å². The zero-order chi connectivity index (χ0) is 12.3. The van der Waals surface area contributed by atoms with Crippen LogP contribution in [0.3, 0.4) is 0 Å². The van der Waals surface area contributed by atoms with Crippen molar-refractivity contribution < 1.29 is 14.0 Å². The average molecular weight is 295 g/mol. The van der Waals surface area contributed by atoms with Crippen LogP contribution < -0.4 is 0 Å². The second kappa shape index (κ2) is 5.01. The van der Waals surface area contributed by atoms with Gasteiger partial charge in [0.25, 0.3) is 0 Å². The summed E-state index contributed by atoms with van der Waals surface area (Å²) in [6, 6.07) is 4.70. The zero-order valence-corrected chi connectivity index (χ0v) is 10.2. The van der Waals surface area contributed by atoms with Crippen molar-refractivity contribution in [1.82, 2.24) is 9.97 Å². The Morgan fingerprint density at radius 3 is 2.47 bits per heavy atom. The molecule has 0 spiro atoms.